The van der Waals surface area contributed by atoms with Crippen molar-refractivity contribution < 1.29 is 4.74 Å². The fraction of sp³-hybridized carbons (Fsp3) is 0.222. The first-order chi connectivity index (χ1) is 10.2. The van der Waals surface area contributed by atoms with Crippen LogP contribution in [0.15, 0.2) is 48.5 Å². The molecule has 0 amide bonds. The number of ether oxygens (including phenoxy) is 1. The van der Waals surface area contributed by atoms with Gasteiger partial charge < -0.3 is 4.74 Å². The van der Waals surface area contributed by atoms with Crippen molar-refractivity contribution in [2.24, 2.45) is 0 Å². The normalized spacial score (nSPS) is 11.0. The molecule has 0 N–H and O–H groups in total. The van der Waals surface area contributed by atoms with Gasteiger partial charge in [-0.1, -0.05) is 38.1 Å². The summed E-state index contributed by atoms with van der Waals surface area (Å²) in [6, 6.07) is 16.2. The summed E-state index contributed by atoms with van der Waals surface area (Å²) in [5.41, 5.74) is 3.83. The highest BCUT2D eigenvalue weighted by molar-refractivity contribution is 5.85. The standard InChI is InChI=1S/C18H18N2O/c1-12(2)15-9-6-10-17(19-15)14-11-13-7-4-5-8-16(13)20-18(14)21-3/h4-12H,1-3H3. The van der Waals surface area contributed by atoms with Crippen LogP contribution in [-0.4, -0.2) is 17.1 Å². The van der Waals surface area contributed by atoms with Gasteiger partial charge in [0.25, 0.3) is 0 Å². The Hall–Kier alpha value is -2.42. The molecule has 3 heteroatoms. The lowest BCUT2D eigenvalue weighted by atomic mass is 10.1. The molecule has 3 nitrogen and oxygen atoms in total. The number of pyridine rings is 2. The number of para-hydroxylation sites is 1. The van der Waals surface area contributed by atoms with Crippen LogP contribution in [0.3, 0.4) is 0 Å². The smallest absolute Gasteiger partial charge is 0.223 e. The lowest BCUT2D eigenvalue weighted by Gasteiger charge is -2.11. The SMILES string of the molecule is COc1nc2ccccc2cc1-c1cccc(C(C)C)n1. The fourth-order valence-electron chi connectivity index (χ4n) is 2.36. The largest absolute Gasteiger partial charge is 0.480 e. The summed E-state index contributed by atoms with van der Waals surface area (Å²) in [6.07, 6.45) is 0. The number of nitrogens with zero attached hydrogens (tertiary/aromatic N) is 2. The Balaban J connectivity index is 2.21. The first-order valence-corrected chi connectivity index (χ1v) is 7.10. The summed E-state index contributed by atoms with van der Waals surface area (Å²) in [4.78, 5) is 9.32. The maximum Gasteiger partial charge on any atom is 0.223 e. The van der Waals surface area contributed by atoms with Crippen molar-refractivity contribution in [3.63, 3.8) is 0 Å². The fourth-order valence-corrected chi connectivity index (χ4v) is 2.36. The molecule has 0 aliphatic rings. The Bertz CT molecular complexity index is 781. The second-order valence-electron chi connectivity index (χ2n) is 5.34. The van der Waals surface area contributed by atoms with Crippen molar-refractivity contribution in [3.05, 3.63) is 54.2 Å². The van der Waals surface area contributed by atoms with Gasteiger partial charge in [0.15, 0.2) is 0 Å². The monoisotopic (exact) mass is 278 g/mol. The summed E-state index contributed by atoms with van der Waals surface area (Å²) >= 11 is 0. The first kappa shape index (κ1) is 13.6. The minimum atomic E-state index is 0.393. The molecule has 0 aliphatic carbocycles. The average Bonchev–Trinajstić information content (AvgIpc) is 2.53. The number of rotatable bonds is 3. The van der Waals surface area contributed by atoms with Crippen molar-refractivity contribution >= 4 is 10.9 Å². The Kier molecular flexibility index (Phi) is 3.57. The van der Waals surface area contributed by atoms with Crippen molar-refractivity contribution in [1.29, 1.82) is 0 Å². The quantitative estimate of drug-likeness (QED) is 0.711. The topological polar surface area (TPSA) is 35.0 Å². The molecule has 2 aromatic heterocycles. The van der Waals surface area contributed by atoms with Crippen molar-refractivity contribution in [2.75, 3.05) is 7.11 Å². The Morgan fingerprint density at radius 1 is 0.952 bits per heavy atom. The van der Waals surface area contributed by atoms with Gasteiger partial charge in [-0.15, -0.1) is 0 Å². The molecule has 0 atom stereocenters. The summed E-state index contributed by atoms with van der Waals surface area (Å²) in [6.45, 7) is 4.28. The molecule has 0 fully saturated rings. The third-order valence-corrected chi connectivity index (χ3v) is 3.52. The van der Waals surface area contributed by atoms with E-state index in [4.69, 9.17) is 9.72 Å². The van der Waals surface area contributed by atoms with Crippen LogP contribution < -0.4 is 4.74 Å². The Morgan fingerprint density at radius 2 is 1.76 bits per heavy atom. The van der Waals surface area contributed by atoms with Crippen molar-refractivity contribution in [1.82, 2.24) is 9.97 Å². The van der Waals surface area contributed by atoms with Crippen LogP contribution in [-0.2, 0) is 0 Å². The van der Waals surface area contributed by atoms with Crippen molar-refractivity contribution in [3.8, 4) is 17.1 Å². The zero-order valence-corrected chi connectivity index (χ0v) is 12.5. The summed E-state index contributed by atoms with van der Waals surface area (Å²) in [7, 11) is 1.65. The second-order valence-corrected chi connectivity index (χ2v) is 5.34. The van der Waals surface area contributed by atoms with Gasteiger partial charge in [-0.3, -0.25) is 4.98 Å². The van der Waals surface area contributed by atoms with Crippen LogP contribution in [0.25, 0.3) is 22.2 Å². The number of hydrogen-bond donors (Lipinski definition) is 0. The van der Waals surface area contributed by atoms with E-state index >= 15 is 0 Å². The molecule has 21 heavy (non-hydrogen) atoms. The molecule has 3 rings (SSSR count). The van der Waals surface area contributed by atoms with E-state index in [1.807, 2.05) is 30.3 Å². The van der Waals surface area contributed by atoms with Gasteiger partial charge >= 0.3 is 0 Å². The summed E-state index contributed by atoms with van der Waals surface area (Å²) < 4.78 is 5.46. The van der Waals surface area contributed by atoms with E-state index in [-0.39, 0.29) is 0 Å². The van der Waals surface area contributed by atoms with Gasteiger partial charge in [0.2, 0.25) is 5.88 Å². The molecule has 0 aliphatic heterocycles. The molecule has 2 heterocycles. The van der Waals surface area contributed by atoms with Gasteiger partial charge in [-0.2, -0.15) is 0 Å². The Labute approximate surface area is 124 Å². The van der Waals surface area contributed by atoms with E-state index in [9.17, 15) is 0 Å². The molecule has 0 saturated carbocycles. The minimum absolute atomic E-state index is 0.393. The lowest BCUT2D eigenvalue weighted by Crippen LogP contribution is -1.97. The van der Waals surface area contributed by atoms with Crippen LogP contribution in [0.5, 0.6) is 5.88 Å². The number of aromatic nitrogens is 2. The molecule has 1 aromatic carbocycles. The van der Waals surface area contributed by atoms with E-state index in [1.54, 1.807) is 7.11 Å². The first-order valence-electron chi connectivity index (χ1n) is 7.10. The van der Waals surface area contributed by atoms with Crippen LogP contribution in [0, 0.1) is 0 Å². The zero-order chi connectivity index (χ0) is 14.8. The summed E-state index contributed by atoms with van der Waals surface area (Å²) in [5, 5.41) is 1.09. The average molecular weight is 278 g/mol. The molecular weight excluding hydrogens is 260 g/mol. The molecule has 0 bridgehead atoms. The Morgan fingerprint density at radius 3 is 2.52 bits per heavy atom. The molecule has 3 aromatic rings. The highest BCUT2D eigenvalue weighted by Crippen LogP contribution is 2.31. The molecule has 0 radical (unpaired) electrons. The molecule has 0 spiro atoms. The van der Waals surface area contributed by atoms with E-state index in [2.05, 4.69) is 37.0 Å². The van der Waals surface area contributed by atoms with Crippen LogP contribution >= 0.6 is 0 Å². The number of benzene rings is 1. The third-order valence-electron chi connectivity index (χ3n) is 3.52. The zero-order valence-electron chi connectivity index (χ0n) is 12.5. The van der Waals surface area contributed by atoms with E-state index in [0.29, 0.717) is 11.8 Å². The summed E-state index contributed by atoms with van der Waals surface area (Å²) in [5.74, 6) is 1.01. The van der Waals surface area contributed by atoms with E-state index < -0.39 is 0 Å². The predicted octanol–water partition coefficient (Wildman–Crippen LogP) is 4.43. The number of methoxy groups -OCH3 is 1. The maximum absolute atomic E-state index is 5.46. The molecule has 0 saturated heterocycles. The van der Waals surface area contributed by atoms with Crippen LogP contribution in [0.1, 0.15) is 25.5 Å². The van der Waals surface area contributed by atoms with E-state index in [1.165, 1.54) is 0 Å². The second kappa shape index (κ2) is 5.52. The van der Waals surface area contributed by atoms with E-state index in [0.717, 1.165) is 27.9 Å². The van der Waals surface area contributed by atoms with Gasteiger partial charge in [-0.25, -0.2) is 4.98 Å². The van der Waals surface area contributed by atoms with Gasteiger partial charge in [-0.05, 0) is 30.2 Å². The van der Waals surface area contributed by atoms with Crippen LogP contribution in [0.4, 0.5) is 0 Å². The number of hydrogen-bond acceptors (Lipinski definition) is 3. The highest BCUT2D eigenvalue weighted by atomic mass is 16.5. The molecule has 0 unspecified atom stereocenters. The minimum Gasteiger partial charge on any atom is -0.480 e. The van der Waals surface area contributed by atoms with Gasteiger partial charge in [0.1, 0.15) is 0 Å². The van der Waals surface area contributed by atoms with Crippen molar-refractivity contribution in [2.45, 2.75) is 19.8 Å². The predicted molar refractivity (Wildman–Crippen MR) is 85.6 cm³/mol. The lowest BCUT2D eigenvalue weighted by molar-refractivity contribution is 0.401. The number of fused-ring (bicyclic) bond motifs is 1. The highest BCUT2D eigenvalue weighted by Gasteiger charge is 2.12. The maximum atomic E-state index is 5.46. The van der Waals surface area contributed by atoms with Gasteiger partial charge in [0.05, 0.1) is 23.9 Å². The third kappa shape index (κ3) is 2.59. The van der Waals surface area contributed by atoms with Gasteiger partial charge in [0, 0.05) is 11.1 Å². The van der Waals surface area contributed by atoms with Crippen LogP contribution in [0.2, 0.25) is 0 Å². The molecular formula is C18H18N2O. The molecule has 106 valence electrons.